The molecule has 17 heavy (non-hydrogen) atoms. The molecule has 0 aliphatic rings. The highest BCUT2D eigenvalue weighted by Crippen LogP contribution is 2.00. The predicted octanol–water partition coefficient (Wildman–Crippen LogP) is -0.567. The van der Waals surface area contributed by atoms with Crippen LogP contribution in [0, 0.1) is 0 Å². The van der Waals surface area contributed by atoms with Crippen molar-refractivity contribution in [2.75, 3.05) is 13.7 Å². The molecule has 0 spiro atoms. The number of methoxy groups -OCH3 is 1. The first-order chi connectivity index (χ1) is 7.97. The topological polar surface area (TPSA) is 101 Å². The number of hydrogen-bond acceptors (Lipinski definition) is 5. The Labute approximate surface area is 99.6 Å². The molecule has 0 aliphatic carbocycles. The van der Waals surface area contributed by atoms with E-state index < -0.39 is 21.2 Å². The van der Waals surface area contributed by atoms with Crippen LogP contribution in [-0.4, -0.2) is 43.3 Å². The largest absolute Gasteiger partial charge is 0.468 e. The molecule has 7 nitrogen and oxygen atoms in total. The lowest BCUT2D eigenvalue weighted by Gasteiger charge is -2.11. The Morgan fingerprint density at radius 1 is 1.65 bits per heavy atom. The fourth-order valence-electron chi connectivity index (χ4n) is 1.16. The quantitative estimate of drug-likeness (QED) is 0.668. The van der Waals surface area contributed by atoms with Crippen molar-refractivity contribution in [1.29, 1.82) is 0 Å². The first-order valence-electron chi connectivity index (χ1n) is 5.02. The molecule has 1 atom stereocenters. The maximum Gasteiger partial charge on any atom is 0.325 e. The normalized spacial score (nSPS) is 13.3. The van der Waals surface area contributed by atoms with E-state index >= 15 is 0 Å². The Bertz CT molecular complexity index is 455. The number of ether oxygens (including phenoxy) is 1. The maximum atomic E-state index is 11.6. The molecule has 0 saturated carbocycles. The molecular weight excluding hydrogens is 246 g/mol. The van der Waals surface area contributed by atoms with Crippen LogP contribution in [0.5, 0.6) is 0 Å². The van der Waals surface area contributed by atoms with Gasteiger partial charge in [0.25, 0.3) is 0 Å². The van der Waals surface area contributed by atoms with E-state index in [1.165, 1.54) is 6.92 Å². The highest BCUT2D eigenvalue weighted by atomic mass is 32.2. The summed E-state index contributed by atoms with van der Waals surface area (Å²) in [4.78, 5) is 17.9. The summed E-state index contributed by atoms with van der Waals surface area (Å²) in [6, 6.07) is 0. The van der Waals surface area contributed by atoms with E-state index in [9.17, 15) is 13.2 Å². The second kappa shape index (κ2) is 5.78. The maximum absolute atomic E-state index is 11.6. The van der Waals surface area contributed by atoms with Crippen LogP contribution >= 0.6 is 0 Å². The van der Waals surface area contributed by atoms with Gasteiger partial charge in [-0.05, 0) is 6.92 Å². The number of esters is 1. The fraction of sp³-hybridized carbons (Fsp3) is 0.556. The molecule has 2 N–H and O–H groups in total. The summed E-state index contributed by atoms with van der Waals surface area (Å²) in [6.45, 7) is 1.46. The summed E-state index contributed by atoms with van der Waals surface area (Å²) >= 11 is 0. The van der Waals surface area contributed by atoms with E-state index in [4.69, 9.17) is 0 Å². The molecule has 1 rings (SSSR count). The molecule has 1 unspecified atom stereocenters. The SMILES string of the molecule is COC(=O)C(C)S(=O)(=O)NCCc1ncc[nH]1. The van der Waals surface area contributed by atoms with E-state index in [0.29, 0.717) is 12.2 Å². The Morgan fingerprint density at radius 2 is 2.35 bits per heavy atom. The van der Waals surface area contributed by atoms with Gasteiger partial charge in [0.2, 0.25) is 10.0 Å². The number of rotatable bonds is 6. The summed E-state index contributed by atoms with van der Waals surface area (Å²) in [5.74, 6) is -0.103. The molecular formula is C9H15N3O4S. The second-order valence-corrected chi connectivity index (χ2v) is 5.48. The lowest BCUT2D eigenvalue weighted by atomic mass is 10.4. The number of sulfonamides is 1. The third kappa shape index (κ3) is 3.82. The molecule has 0 aliphatic heterocycles. The molecule has 0 fully saturated rings. The number of aromatic amines is 1. The van der Waals surface area contributed by atoms with Crippen molar-refractivity contribution < 1.29 is 17.9 Å². The number of H-pyrrole nitrogens is 1. The summed E-state index contributed by atoms with van der Waals surface area (Å²) in [5.41, 5.74) is 0. The van der Waals surface area contributed by atoms with Crippen molar-refractivity contribution in [2.24, 2.45) is 0 Å². The first kappa shape index (κ1) is 13.7. The zero-order valence-electron chi connectivity index (χ0n) is 9.63. The first-order valence-corrected chi connectivity index (χ1v) is 6.56. The molecule has 0 saturated heterocycles. The van der Waals surface area contributed by atoms with Crippen LogP contribution in [0.1, 0.15) is 12.7 Å². The molecule has 1 aromatic heterocycles. The van der Waals surface area contributed by atoms with Gasteiger partial charge in [-0.2, -0.15) is 0 Å². The van der Waals surface area contributed by atoms with Gasteiger partial charge in [0, 0.05) is 25.4 Å². The molecule has 0 amide bonds. The standard InChI is InChI=1S/C9H15N3O4S/c1-7(9(13)16-2)17(14,15)12-4-3-8-10-5-6-11-8/h5-7,12H,3-4H2,1-2H3,(H,10,11). The number of hydrogen-bond donors (Lipinski definition) is 2. The van der Waals surface area contributed by atoms with Gasteiger partial charge in [0.15, 0.2) is 5.25 Å². The third-order valence-corrected chi connectivity index (χ3v) is 3.95. The number of carbonyl (C=O) groups excluding carboxylic acids is 1. The van der Waals surface area contributed by atoms with E-state index in [1.54, 1.807) is 12.4 Å². The Kier molecular flexibility index (Phi) is 4.64. The molecule has 1 aromatic rings. The smallest absolute Gasteiger partial charge is 0.325 e. The molecule has 1 heterocycles. The van der Waals surface area contributed by atoms with Crippen molar-refractivity contribution in [3.05, 3.63) is 18.2 Å². The van der Waals surface area contributed by atoms with Crippen LogP contribution in [-0.2, 0) is 26.0 Å². The van der Waals surface area contributed by atoms with E-state index in [-0.39, 0.29) is 6.54 Å². The van der Waals surface area contributed by atoms with Gasteiger partial charge < -0.3 is 9.72 Å². The summed E-state index contributed by atoms with van der Waals surface area (Å²) in [6.07, 6.45) is 3.67. The van der Waals surface area contributed by atoms with Crippen molar-refractivity contribution in [3.63, 3.8) is 0 Å². The number of imidazole rings is 1. The van der Waals surface area contributed by atoms with Crippen LogP contribution in [0.2, 0.25) is 0 Å². The Morgan fingerprint density at radius 3 is 2.88 bits per heavy atom. The average molecular weight is 261 g/mol. The van der Waals surface area contributed by atoms with Crippen LogP contribution in [0.4, 0.5) is 0 Å². The van der Waals surface area contributed by atoms with Gasteiger partial charge in [-0.25, -0.2) is 18.1 Å². The van der Waals surface area contributed by atoms with Gasteiger partial charge in [-0.15, -0.1) is 0 Å². The number of carbonyl (C=O) groups is 1. The minimum Gasteiger partial charge on any atom is -0.468 e. The van der Waals surface area contributed by atoms with Gasteiger partial charge >= 0.3 is 5.97 Å². The van der Waals surface area contributed by atoms with E-state index in [2.05, 4.69) is 19.4 Å². The van der Waals surface area contributed by atoms with Crippen LogP contribution in [0.3, 0.4) is 0 Å². The van der Waals surface area contributed by atoms with E-state index in [1.807, 2.05) is 0 Å². The fourth-order valence-corrected chi connectivity index (χ4v) is 2.15. The minimum atomic E-state index is -3.69. The zero-order valence-corrected chi connectivity index (χ0v) is 10.5. The summed E-state index contributed by atoms with van der Waals surface area (Å²) < 4.78 is 29.9. The average Bonchev–Trinajstić information content (AvgIpc) is 2.79. The lowest BCUT2D eigenvalue weighted by molar-refractivity contribution is -0.139. The second-order valence-electron chi connectivity index (χ2n) is 3.39. The van der Waals surface area contributed by atoms with Crippen molar-refractivity contribution in [2.45, 2.75) is 18.6 Å². The highest BCUT2D eigenvalue weighted by molar-refractivity contribution is 7.90. The van der Waals surface area contributed by atoms with Gasteiger partial charge in [0.05, 0.1) is 7.11 Å². The molecule has 0 bridgehead atoms. The lowest BCUT2D eigenvalue weighted by Crippen LogP contribution is -2.39. The minimum absolute atomic E-state index is 0.178. The van der Waals surface area contributed by atoms with Gasteiger partial charge in [-0.1, -0.05) is 0 Å². The molecule has 0 radical (unpaired) electrons. The monoisotopic (exact) mass is 261 g/mol. The van der Waals surface area contributed by atoms with Crippen LogP contribution < -0.4 is 4.72 Å². The summed E-state index contributed by atoms with van der Waals surface area (Å²) in [7, 11) is -2.54. The summed E-state index contributed by atoms with van der Waals surface area (Å²) in [5, 5.41) is -1.22. The Balaban J connectivity index is 2.47. The van der Waals surface area contributed by atoms with Crippen molar-refractivity contribution >= 4 is 16.0 Å². The van der Waals surface area contributed by atoms with Gasteiger partial charge in [0.1, 0.15) is 5.82 Å². The highest BCUT2D eigenvalue weighted by Gasteiger charge is 2.28. The van der Waals surface area contributed by atoms with Gasteiger partial charge in [-0.3, -0.25) is 4.79 Å². The zero-order chi connectivity index (χ0) is 12.9. The number of nitrogens with zero attached hydrogens (tertiary/aromatic N) is 1. The third-order valence-electron chi connectivity index (χ3n) is 2.22. The number of aromatic nitrogens is 2. The molecule has 8 heteroatoms. The van der Waals surface area contributed by atoms with E-state index in [0.717, 1.165) is 7.11 Å². The van der Waals surface area contributed by atoms with Crippen LogP contribution in [0.25, 0.3) is 0 Å². The van der Waals surface area contributed by atoms with Crippen molar-refractivity contribution in [3.8, 4) is 0 Å². The predicted molar refractivity (Wildman–Crippen MR) is 60.7 cm³/mol. The molecule has 96 valence electrons. The Hall–Kier alpha value is -1.41. The van der Waals surface area contributed by atoms with Crippen molar-refractivity contribution in [1.82, 2.24) is 14.7 Å². The molecule has 0 aromatic carbocycles. The van der Waals surface area contributed by atoms with Crippen LogP contribution in [0.15, 0.2) is 12.4 Å². The number of nitrogens with one attached hydrogen (secondary N) is 2.